The molecular weight excluding hydrogens is 264 g/mol. The van der Waals surface area contributed by atoms with Crippen molar-refractivity contribution in [1.82, 2.24) is 4.90 Å². The SMILES string of the molecule is Cc1ccc(Cl)c(O[C@@H](C)C(=O)N2CC[C@@H](N)C2)c1. The molecule has 4 nitrogen and oxygen atoms in total. The summed E-state index contributed by atoms with van der Waals surface area (Å²) < 4.78 is 5.67. The Hall–Kier alpha value is -1.26. The van der Waals surface area contributed by atoms with Gasteiger partial charge in [0.1, 0.15) is 5.75 Å². The Morgan fingerprint density at radius 2 is 2.32 bits per heavy atom. The summed E-state index contributed by atoms with van der Waals surface area (Å²) in [6, 6.07) is 5.59. The molecule has 1 amide bonds. The smallest absolute Gasteiger partial charge is 0.263 e. The van der Waals surface area contributed by atoms with E-state index >= 15 is 0 Å². The van der Waals surface area contributed by atoms with Gasteiger partial charge in [0.15, 0.2) is 6.10 Å². The highest BCUT2D eigenvalue weighted by Crippen LogP contribution is 2.26. The number of nitrogens with two attached hydrogens (primary N) is 1. The molecule has 1 aliphatic heterocycles. The van der Waals surface area contributed by atoms with Gasteiger partial charge in [-0.15, -0.1) is 0 Å². The van der Waals surface area contributed by atoms with E-state index in [-0.39, 0.29) is 11.9 Å². The molecule has 2 N–H and O–H groups in total. The number of ether oxygens (including phenoxy) is 1. The van der Waals surface area contributed by atoms with E-state index in [0.29, 0.717) is 23.9 Å². The lowest BCUT2D eigenvalue weighted by Gasteiger charge is -2.22. The summed E-state index contributed by atoms with van der Waals surface area (Å²) in [5.41, 5.74) is 6.85. The van der Waals surface area contributed by atoms with E-state index in [1.807, 2.05) is 19.1 Å². The van der Waals surface area contributed by atoms with Gasteiger partial charge in [0.25, 0.3) is 5.91 Å². The van der Waals surface area contributed by atoms with Gasteiger partial charge in [-0.3, -0.25) is 4.79 Å². The average molecular weight is 283 g/mol. The van der Waals surface area contributed by atoms with Crippen molar-refractivity contribution in [1.29, 1.82) is 0 Å². The van der Waals surface area contributed by atoms with E-state index in [1.54, 1.807) is 17.9 Å². The molecule has 0 saturated carbocycles. The van der Waals surface area contributed by atoms with Crippen LogP contribution < -0.4 is 10.5 Å². The quantitative estimate of drug-likeness (QED) is 0.922. The first-order valence-corrected chi connectivity index (χ1v) is 6.82. The zero-order valence-electron chi connectivity index (χ0n) is 11.2. The standard InChI is InChI=1S/C14H19ClN2O2/c1-9-3-4-12(15)13(7-9)19-10(2)14(18)17-6-5-11(16)8-17/h3-4,7,10-11H,5-6,8,16H2,1-2H3/t10-,11+/m0/s1. The molecular formula is C14H19ClN2O2. The largest absolute Gasteiger partial charge is 0.479 e. The highest BCUT2D eigenvalue weighted by molar-refractivity contribution is 6.32. The summed E-state index contributed by atoms with van der Waals surface area (Å²) in [4.78, 5) is 13.9. The summed E-state index contributed by atoms with van der Waals surface area (Å²) in [5.74, 6) is 0.511. The Kier molecular flexibility index (Phi) is 4.32. The minimum Gasteiger partial charge on any atom is -0.479 e. The number of hydrogen-bond donors (Lipinski definition) is 1. The van der Waals surface area contributed by atoms with Gasteiger partial charge in [0, 0.05) is 19.1 Å². The molecule has 0 radical (unpaired) electrons. The van der Waals surface area contributed by atoms with Crippen molar-refractivity contribution >= 4 is 17.5 Å². The molecule has 1 heterocycles. The van der Waals surface area contributed by atoms with E-state index in [2.05, 4.69) is 0 Å². The van der Waals surface area contributed by atoms with Gasteiger partial charge in [0.05, 0.1) is 5.02 Å². The lowest BCUT2D eigenvalue weighted by molar-refractivity contribution is -0.136. The molecule has 0 bridgehead atoms. The summed E-state index contributed by atoms with van der Waals surface area (Å²) in [7, 11) is 0. The third kappa shape index (κ3) is 3.39. The predicted molar refractivity (Wildman–Crippen MR) is 75.5 cm³/mol. The maximum absolute atomic E-state index is 12.2. The van der Waals surface area contributed by atoms with Crippen molar-refractivity contribution in [2.45, 2.75) is 32.4 Å². The highest BCUT2D eigenvalue weighted by atomic mass is 35.5. The second-order valence-corrected chi connectivity index (χ2v) is 5.43. The van der Waals surface area contributed by atoms with Gasteiger partial charge >= 0.3 is 0 Å². The van der Waals surface area contributed by atoms with Gasteiger partial charge in [-0.05, 0) is 38.0 Å². The zero-order chi connectivity index (χ0) is 14.0. The fourth-order valence-corrected chi connectivity index (χ4v) is 2.35. The number of carbonyl (C=O) groups is 1. The van der Waals surface area contributed by atoms with Gasteiger partial charge in [-0.25, -0.2) is 0 Å². The molecule has 2 atom stereocenters. The van der Waals surface area contributed by atoms with Crippen LogP contribution in [0.5, 0.6) is 5.75 Å². The van der Waals surface area contributed by atoms with Crippen molar-refractivity contribution in [2.24, 2.45) is 5.73 Å². The van der Waals surface area contributed by atoms with Crippen LogP contribution in [0.2, 0.25) is 5.02 Å². The molecule has 19 heavy (non-hydrogen) atoms. The van der Waals surface area contributed by atoms with Crippen LogP contribution in [0.15, 0.2) is 18.2 Å². The molecule has 0 aromatic heterocycles. The number of nitrogens with zero attached hydrogens (tertiary/aromatic N) is 1. The van der Waals surface area contributed by atoms with Crippen molar-refractivity contribution in [3.8, 4) is 5.75 Å². The molecule has 1 fully saturated rings. The maximum atomic E-state index is 12.2. The average Bonchev–Trinajstić information content (AvgIpc) is 2.79. The Bertz CT molecular complexity index is 479. The number of hydrogen-bond acceptors (Lipinski definition) is 3. The molecule has 1 aliphatic rings. The topological polar surface area (TPSA) is 55.6 Å². The van der Waals surface area contributed by atoms with Crippen LogP contribution >= 0.6 is 11.6 Å². The monoisotopic (exact) mass is 282 g/mol. The summed E-state index contributed by atoms with van der Waals surface area (Å²) in [5, 5.41) is 0.517. The van der Waals surface area contributed by atoms with Crippen LogP contribution in [0.1, 0.15) is 18.9 Å². The number of halogens is 1. The van der Waals surface area contributed by atoms with E-state index in [4.69, 9.17) is 22.1 Å². The van der Waals surface area contributed by atoms with Crippen LogP contribution in [-0.4, -0.2) is 36.0 Å². The van der Waals surface area contributed by atoms with E-state index in [0.717, 1.165) is 12.0 Å². The van der Waals surface area contributed by atoms with Crippen molar-refractivity contribution in [3.63, 3.8) is 0 Å². The Balaban J connectivity index is 2.02. The normalized spacial score (nSPS) is 20.4. The molecule has 0 aliphatic carbocycles. The molecule has 104 valence electrons. The summed E-state index contributed by atoms with van der Waals surface area (Å²) >= 11 is 6.06. The van der Waals surface area contributed by atoms with E-state index < -0.39 is 6.10 Å². The minimum absolute atomic E-state index is 0.0366. The fourth-order valence-electron chi connectivity index (χ4n) is 2.19. The number of aryl methyl sites for hydroxylation is 1. The third-order valence-electron chi connectivity index (χ3n) is 3.27. The fraction of sp³-hybridized carbons (Fsp3) is 0.500. The Morgan fingerprint density at radius 1 is 1.58 bits per heavy atom. The molecule has 1 saturated heterocycles. The number of benzene rings is 1. The van der Waals surface area contributed by atoms with Gasteiger partial charge < -0.3 is 15.4 Å². The second kappa shape index (κ2) is 5.80. The second-order valence-electron chi connectivity index (χ2n) is 5.03. The molecule has 0 spiro atoms. The van der Waals surface area contributed by atoms with E-state index in [1.165, 1.54) is 0 Å². The number of carbonyl (C=O) groups excluding carboxylic acids is 1. The molecule has 5 heteroatoms. The van der Waals surface area contributed by atoms with Crippen LogP contribution in [-0.2, 0) is 4.79 Å². The number of amides is 1. The number of likely N-dealkylation sites (tertiary alicyclic amines) is 1. The lowest BCUT2D eigenvalue weighted by Crippen LogP contribution is -2.40. The van der Waals surface area contributed by atoms with E-state index in [9.17, 15) is 4.79 Å². The minimum atomic E-state index is -0.551. The maximum Gasteiger partial charge on any atom is 0.263 e. The van der Waals surface area contributed by atoms with Gasteiger partial charge in [-0.2, -0.15) is 0 Å². The summed E-state index contributed by atoms with van der Waals surface area (Å²) in [6.07, 6.45) is 0.300. The van der Waals surface area contributed by atoms with Crippen molar-refractivity contribution in [3.05, 3.63) is 28.8 Å². The van der Waals surface area contributed by atoms with Crippen LogP contribution in [0.25, 0.3) is 0 Å². The van der Waals surface area contributed by atoms with Crippen LogP contribution in [0, 0.1) is 6.92 Å². The van der Waals surface area contributed by atoms with Gasteiger partial charge in [0.2, 0.25) is 0 Å². The molecule has 0 unspecified atom stereocenters. The third-order valence-corrected chi connectivity index (χ3v) is 3.59. The van der Waals surface area contributed by atoms with Crippen molar-refractivity contribution in [2.75, 3.05) is 13.1 Å². The number of rotatable bonds is 3. The van der Waals surface area contributed by atoms with Crippen molar-refractivity contribution < 1.29 is 9.53 Å². The lowest BCUT2D eigenvalue weighted by atomic mass is 10.2. The zero-order valence-corrected chi connectivity index (χ0v) is 12.0. The molecule has 2 rings (SSSR count). The first-order chi connectivity index (χ1) is 8.97. The Morgan fingerprint density at radius 3 is 2.95 bits per heavy atom. The molecule has 1 aromatic rings. The van der Waals surface area contributed by atoms with Gasteiger partial charge in [-0.1, -0.05) is 17.7 Å². The Labute approximate surface area is 118 Å². The molecule has 1 aromatic carbocycles. The summed E-state index contributed by atoms with van der Waals surface area (Å²) in [6.45, 7) is 5.00. The van der Waals surface area contributed by atoms with Crippen LogP contribution in [0.4, 0.5) is 0 Å². The predicted octanol–water partition coefficient (Wildman–Crippen LogP) is 1.98. The highest BCUT2D eigenvalue weighted by Gasteiger charge is 2.28. The van der Waals surface area contributed by atoms with Crippen LogP contribution in [0.3, 0.4) is 0 Å². The first kappa shape index (κ1) is 14.2. The first-order valence-electron chi connectivity index (χ1n) is 6.44.